The zero-order valence-electron chi connectivity index (χ0n) is 16.7. The quantitative estimate of drug-likeness (QED) is 0.485. The number of carbonyl (C=O) groups is 3. The minimum atomic E-state index is -0.648. The van der Waals surface area contributed by atoms with Crippen molar-refractivity contribution in [3.63, 3.8) is 0 Å². The van der Waals surface area contributed by atoms with E-state index in [2.05, 4.69) is 16.2 Å². The summed E-state index contributed by atoms with van der Waals surface area (Å²) >= 11 is 0. The molecule has 9 heteroatoms. The summed E-state index contributed by atoms with van der Waals surface area (Å²) < 4.78 is 0. The van der Waals surface area contributed by atoms with Crippen LogP contribution < -0.4 is 16.2 Å². The molecular formula is C21H26N4O5. The van der Waals surface area contributed by atoms with E-state index in [9.17, 15) is 24.5 Å². The van der Waals surface area contributed by atoms with Crippen molar-refractivity contribution >= 4 is 23.4 Å². The fraction of sp³-hybridized carbons (Fsp3) is 0.571. The summed E-state index contributed by atoms with van der Waals surface area (Å²) in [6.45, 7) is 0.207. The van der Waals surface area contributed by atoms with E-state index in [1.807, 2.05) is 0 Å². The van der Waals surface area contributed by atoms with Crippen LogP contribution in [0.2, 0.25) is 0 Å². The highest BCUT2D eigenvalue weighted by Crippen LogP contribution is 2.60. The van der Waals surface area contributed by atoms with Crippen LogP contribution in [0.4, 0.5) is 5.69 Å². The predicted octanol–water partition coefficient (Wildman–Crippen LogP) is 2.08. The second-order valence-corrected chi connectivity index (χ2v) is 9.01. The second-order valence-electron chi connectivity index (χ2n) is 9.01. The average Bonchev–Trinajstić information content (AvgIpc) is 2.71. The first-order chi connectivity index (χ1) is 14.3. The average molecular weight is 414 g/mol. The zero-order valence-corrected chi connectivity index (χ0v) is 16.7. The van der Waals surface area contributed by atoms with Gasteiger partial charge >= 0.3 is 0 Å². The molecule has 0 radical (unpaired) electrons. The first-order valence-corrected chi connectivity index (χ1v) is 10.5. The Morgan fingerprint density at radius 2 is 1.67 bits per heavy atom. The molecule has 0 heterocycles. The predicted molar refractivity (Wildman–Crippen MR) is 107 cm³/mol. The van der Waals surface area contributed by atoms with Crippen molar-refractivity contribution in [1.29, 1.82) is 0 Å². The van der Waals surface area contributed by atoms with E-state index in [0.717, 1.165) is 25.3 Å². The summed E-state index contributed by atoms with van der Waals surface area (Å²) in [5, 5.41) is 13.7. The van der Waals surface area contributed by atoms with Gasteiger partial charge in [0.1, 0.15) is 0 Å². The molecule has 4 aliphatic rings. The standard InChI is InChI=1S/C21H26N4O5/c26-18(23-24-19(27)16-2-1-3-17(9-16)25(29)30)4-5-22-20(28)21-10-13-6-14(11-21)8-15(7-13)12-21/h1-3,9,13-15H,4-8,10-12H2,(H,22,28)(H,23,26)(H,24,27). The molecule has 0 saturated heterocycles. The number of hydrogen-bond acceptors (Lipinski definition) is 5. The van der Waals surface area contributed by atoms with Crippen LogP contribution in [-0.2, 0) is 9.59 Å². The lowest BCUT2D eigenvalue weighted by Crippen LogP contribution is -2.54. The molecule has 4 saturated carbocycles. The van der Waals surface area contributed by atoms with Crippen molar-refractivity contribution < 1.29 is 19.3 Å². The Labute approximate surface area is 174 Å². The molecule has 0 aromatic heterocycles. The third-order valence-corrected chi connectivity index (χ3v) is 6.79. The molecule has 30 heavy (non-hydrogen) atoms. The maximum absolute atomic E-state index is 12.8. The van der Waals surface area contributed by atoms with E-state index in [4.69, 9.17) is 0 Å². The smallest absolute Gasteiger partial charge is 0.270 e. The van der Waals surface area contributed by atoms with Crippen molar-refractivity contribution in [2.45, 2.75) is 44.9 Å². The van der Waals surface area contributed by atoms with Crippen LogP contribution in [0.25, 0.3) is 0 Å². The van der Waals surface area contributed by atoms with Gasteiger partial charge in [0.05, 0.1) is 4.92 Å². The monoisotopic (exact) mass is 414 g/mol. The van der Waals surface area contributed by atoms with Crippen molar-refractivity contribution in [1.82, 2.24) is 16.2 Å². The molecule has 3 N–H and O–H groups in total. The molecule has 0 spiro atoms. The first kappa shape index (κ1) is 20.3. The van der Waals surface area contributed by atoms with Crippen molar-refractivity contribution in [2.75, 3.05) is 6.54 Å². The topological polar surface area (TPSA) is 130 Å². The lowest BCUT2D eigenvalue weighted by molar-refractivity contribution is -0.384. The van der Waals surface area contributed by atoms with Gasteiger partial charge in [-0.05, 0) is 62.3 Å². The number of nitrogens with zero attached hydrogens (tertiary/aromatic N) is 1. The first-order valence-electron chi connectivity index (χ1n) is 10.5. The van der Waals surface area contributed by atoms with Gasteiger partial charge in [0.25, 0.3) is 11.6 Å². The molecule has 4 bridgehead atoms. The van der Waals surface area contributed by atoms with Gasteiger partial charge < -0.3 is 5.32 Å². The summed E-state index contributed by atoms with van der Waals surface area (Å²) in [6, 6.07) is 5.23. The van der Waals surface area contributed by atoms with E-state index in [1.165, 1.54) is 37.5 Å². The molecule has 4 fully saturated rings. The van der Waals surface area contributed by atoms with E-state index >= 15 is 0 Å². The van der Waals surface area contributed by atoms with Crippen LogP contribution >= 0.6 is 0 Å². The molecule has 0 atom stereocenters. The number of nitrogens with one attached hydrogen (secondary N) is 3. The van der Waals surface area contributed by atoms with E-state index in [-0.39, 0.29) is 35.5 Å². The van der Waals surface area contributed by atoms with Crippen LogP contribution in [0.15, 0.2) is 24.3 Å². The third kappa shape index (κ3) is 4.15. The minimum Gasteiger partial charge on any atom is -0.355 e. The van der Waals surface area contributed by atoms with Gasteiger partial charge in [-0.2, -0.15) is 0 Å². The SMILES string of the molecule is O=C(CCNC(=O)C12CC3CC(CC(C3)C1)C2)NNC(=O)c1cccc([N+](=O)[O-])c1. The van der Waals surface area contributed by atoms with E-state index < -0.39 is 16.7 Å². The number of hydrazine groups is 1. The highest BCUT2D eigenvalue weighted by Gasteiger charge is 2.54. The largest absolute Gasteiger partial charge is 0.355 e. The van der Waals surface area contributed by atoms with Gasteiger partial charge in [0.15, 0.2) is 0 Å². The number of carbonyl (C=O) groups excluding carboxylic acids is 3. The van der Waals surface area contributed by atoms with Crippen molar-refractivity contribution in [3.05, 3.63) is 39.9 Å². The summed E-state index contributed by atoms with van der Waals surface area (Å²) in [7, 11) is 0. The summed E-state index contributed by atoms with van der Waals surface area (Å²) in [5.41, 5.74) is 4.13. The van der Waals surface area contributed by atoms with Crippen LogP contribution in [0.5, 0.6) is 0 Å². The Balaban J connectivity index is 1.21. The van der Waals surface area contributed by atoms with Gasteiger partial charge in [0.2, 0.25) is 11.8 Å². The van der Waals surface area contributed by atoms with Gasteiger partial charge in [-0.25, -0.2) is 0 Å². The van der Waals surface area contributed by atoms with Crippen LogP contribution in [0.3, 0.4) is 0 Å². The molecule has 160 valence electrons. The van der Waals surface area contributed by atoms with Crippen LogP contribution in [-0.4, -0.2) is 29.2 Å². The van der Waals surface area contributed by atoms with Crippen LogP contribution in [0.1, 0.15) is 55.3 Å². The maximum Gasteiger partial charge on any atom is 0.270 e. The molecule has 0 unspecified atom stereocenters. The summed E-state index contributed by atoms with van der Waals surface area (Å²) in [6.07, 6.45) is 6.73. The summed E-state index contributed by atoms with van der Waals surface area (Å²) in [4.78, 5) is 47.1. The normalized spacial score (nSPS) is 28.6. The highest BCUT2D eigenvalue weighted by molar-refractivity contribution is 5.96. The summed E-state index contributed by atoms with van der Waals surface area (Å²) in [5.74, 6) is 0.997. The van der Waals surface area contributed by atoms with Gasteiger partial charge in [-0.15, -0.1) is 0 Å². The Kier molecular flexibility index (Phi) is 5.44. The molecule has 1 aromatic rings. The Hall–Kier alpha value is -2.97. The van der Waals surface area contributed by atoms with Crippen molar-refractivity contribution in [2.24, 2.45) is 23.2 Å². The Morgan fingerprint density at radius 1 is 1.03 bits per heavy atom. The zero-order chi connectivity index (χ0) is 21.3. The van der Waals surface area contributed by atoms with Crippen LogP contribution in [0, 0.1) is 33.3 Å². The van der Waals surface area contributed by atoms with Crippen molar-refractivity contribution in [3.8, 4) is 0 Å². The Morgan fingerprint density at radius 3 is 2.27 bits per heavy atom. The minimum absolute atomic E-state index is 0.0350. The highest BCUT2D eigenvalue weighted by atomic mass is 16.6. The van der Waals surface area contributed by atoms with E-state index in [1.54, 1.807) is 0 Å². The fourth-order valence-corrected chi connectivity index (χ4v) is 5.89. The van der Waals surface area contributed by atoms with Gasteiger partial charge in [-0.3, -0.25) is 35.3 Å². The molecule has 0 aliphatic heterocycles. The molecule has 3 amide bonds. The number of rotatable bonds is 6. The number of non-ortho nitro benzene ring substituents is 1. The lowest BCUT2D eigenvalue weighted by atomic mass is 9.49. The molecular weight excluding hydrogens is 388 g/mol. The van der Waals surface area contributed by atoms with E-state index in [0.29, 0.717) is 17.8 Å². The molecule has 1 aromatic carbocycles. The molecule has 5 rings (SSSR count). The number of hydrogen-bond donors (Lipinski definition) is 3. The lowest BCUT2D eigenvalue weighted by Gasteiger charge is -2.55. The third-order valence-electron chi connectivity index (χ3n) is 6.79. The fourth-order valence-electron chi connectivity index (χ4n) is 5.89. The number of amides is 3. The maximum atomic E-state index is 12.8. The molecule has 9 nitrogen and oxygen atoms in total. The van der Waals surface area contributed by atoms with Gasteiger partial charge in [-0.1, -0.05) is 6.07 Å². The van der Waals surface area contributed by atoms with Gasteiger partial charge in [0, 0.05) is 36.1 Å². The number of nitro groups is 1. The molecule has 4 aliphatic carbocycles. The second kappa shape index (κ2) is 8.04. The number of benzene rings is 1. The number of nitro benzene ring substituents is 1. The Bertz CT molecular complexity index is 849.